The third-order valence-electron chi connectivity index (χ3n) is 14.4. The zero-order valence-corrected chi connectivity index (χ0v) is 72.3. The van der Waals surface area contributed by atoms with E-state index in [0.717, 1.165) is 0 Å². The van der Waals surface area contributed by atoms with Gasteiger partial charge in [0.2, 0.25) is 0 Å². The van der Waals surface area contributed by atoms with E-state index in [1.807, 2.05) is 36.4 Å². The molecule has 12 heterocycles. The van der Waals surface area contributed by atoms with Crippen molar-refractivity contribution in [1.29, 1.82) is 0 Å². The highest BCUT2D eigenvalue weighted by molar-refractivity contribution is 6.07. The summed E-state index contributed by atoms with van der Waals surface area (Å²) in [5.74, 6) is -10.8. The van der Waals surface area contributed by atoms with E-state index in [9.17, 15) is 86.3 Å². The number of anilines is 6. The minimum atomic E-state index is -1.08. The zero-order chi connectivity index (χ0) is 102. The number of hydrogen-bond acceptors (Lipinski definition) is 30. The SMILES string of the molecule is O=C(Nc1ccccn1)c1ccncc1.O=C(Nc1ccccn1)c1ccncc1.O=C(Nc1ccccn1)c1ccncc1.O=C(Nc1ccccn1)c1ccncc1.O=C(Nc1ccccn1)c1ccncc1.O=C(Nc1ccccn1)c1ccncc1.O=C(O)CCC(=O)O.O=C(O)CCC(=O)O.O=C(O)CCC(=O)O.O=C(O)CCC(=O)O.O=C(O)CCC(=O)O.O=C(O)CCC(=O)O. The topological polar surface area (TPSA) is 777 Å². The maximum absolute atomic E-state index is 11.6. The van der Waals surface area contributed by atoms with Gasteiger partial charge < -0.3 is 93.2 Å². The fourth-order valence-electron chi connectivity index (χ4n) is 8.05. The molecule has 6 amide bonds. The van der Waals surface area contributed by atoms with Gasteiger partial charge in [-0.3, -0.25) is 116 Å². The minimum Gasteiger partial charge on any atom is -0.481 e. The Bertz CT molecular complexity index is 4700. The van der Waals surface area contributed by atoms with Crippen LogP contribution < -0.4 is 31.9 Å². The summed E-state index contributed by atoms with van der Waals surface area (Å²) < 4.78 is 0. The predicted molar refractivity (Wildman–Crippen MR) is 486 cm³/mol. The Hall–Kier alpha value is -19.7. The van der Waals surface area contributed by atoms with E-state index >= 15 is 0 Å². The lowest BCUT2D eigenvalue weighted by Gasteiger charge is -2.02. The van der Waals surface area contributed by atoms with Crippen LogP contribution in [0.3, 0.4) is 0 Å². The molecule has 0 saturated heterocycles. The van der Waals surface area contributed by atoms with E-state index in [4.69, 9.17) is 61.3 Å². The van der Waals surface area contributed by atoms with Gasteiger partial charge in [0.1, 0.15) is 34.9 Å². The highest BCUT2D eigenvalue weighted by atomic mass is 16.4. The van der Waals surface area contributed by atoms with Gasteiger partial charge in [0.15, 0.2) is 0 Å². The molecule has 12 aromatic heterocycles. The standard InChI is InChI=1S/6C11H9N3O.6C4H6O4/c6*15-11(9-4-7-12-8-5-9)14-10-3-1-2-6-13-10;6*5-3(6)1-2-4(7)8/h6*1-8H,(H,13,14,15);6*1-2H2,(H,5,6)(H,7,8). The fraction of sp³-hybridized carbons (Fsp3) is 0.133. The van der Waals surface area contributed by atoms with E-state index in [0.29, 0.717) is 68.3 Å². The third kappa shape index (κ3) is 64.9. The summed E-state index contributed by atoms with van der Waals surface area (Å²) in [7, 11) is 0. The van der Waals surface area contributed by atoms with Crippen molar-refractivity contribution in [2.24, 2.45) is 0 Å². The van der Waals surface area contributed by atoms with Crippen molar-refractivity contribution in [3.63, 3.8) is 0 Å². The van der Waals surface area contributed by atoms with Gasteiger partial charge in [-0.05, 0) is 146 Å². The second kappa shape index (κ2) is 72.1. The number of hydrogen-bond donors (Lipinski definition) is 18. The van der Waals surface area contributed by atoms with Crippen LogP contribution in [0, 0.1) is 0 Å². The first-order chi connectivity index (χ1) is 65.9. The Kier molecular flexibility index (Phi) is 60.7. The average Bonchev–Trinajstić information content (AvgIpc) is 0.914. The molecule has 0 radical (unpaired) electrons. The largest absolute Gasteiger partial charge is 0.481 e. The van der Waals surface area contributed by atoms with E-state index < -0.39 is 71.6 Å². The van der Waals surface area contributed by atoms with Crippen LogP contribution in [0.1, 0.15) is 139 Å². The summed E-state index contributed by atoms with van der Waals surface area (Å²) >= 11 is 0. The molecular weight excluding hydrogens is 1810 g/mol. The summed E-state index contributed by atoms with van der Waals surface area (Å²) in [5.41, 5.74) is 3.39. The molecule has 48 nitrogen and oxygen atoms in total. The second-order valence-corrected chi connectivity index (χ2v) is 25.2. The molecule has 48 heteroatoms. The number of amides is 6. The van der Waals surface area contributed by atoms with Crippen LogP contribution in [0.15, 0.2) is 294 Å². The maximum atomic E-state index is 11.6. The van der Waals surface area contributed by atoms with Crippen LogP contribution in [0.2, 0.25) is 0 Å². The first-order valence-electron chi connectivity index (χ1n) is 39.3. The summed E-state index contributed by atoms with van der Waals surface area (Å²) in [6.07, 6.45) is 25.1. The van der Waals surface area contributed by atoms with Gasteiger partial charge in [-0.25, -0.2) is 29.9 Å². The number of carboxylic acid groups (broad SMARTS) is 12. The van der Waals surface area contributed by atoms with Gasteiger partial charge >= 0.3 is 71.6 Å². The Morgan fingerprint density at radius 3 is 0.333 bits per heavy atom. The molecule has 12 aromatic rings. The number of carbonyl (C=O) groups is 18. The van der Waals surface area contributed by atoms with Crippen molar-refractivity contribution in [3.05, 3.63) is 327 Å². The molecule has 0 unspecified atom stereocenters. The van der Waals surface area contributed by atoms with Crippen molar-refractivity contribution in [2.45, 2.75) is 77.0 Å². The van der Waals surface area contributed by atoms with E-state index in [-0.39, 0.29) is 112 Å². The molecule has 18 N–H and O–H groups in total. The Labute approximate surface area is 781 Å². The molecule has 720 valence electrons. The number of aliphatic carboxylic acids is 12. The summed E-state index contributed by atoms with van der Waals surface area (Å²) in [4.78, 5) is 233. The first kappa shape index (κ1) is 116. The maximum Gasteiger partial charge on any atom is 0.303 e. The van der Waals surface area contributed by atoms with E-state index in [1.54, 1.807) is 257 Å². The third-order valence-corrected chi connectivity index (χ3v) is 14.4. The summed E-state index contributed by atoms with van der Waals surface area (Å²) in [5, 5.41) is 111. The fourth-order valence-corrected chi connectivity index (χ4v) is 8.05. The molecule has 0 aliphatic rings. The molecule has 0 aliphatic heterocycles. The molecule has 12 rings (SSSR count). The highest BCUT2D eigenvalue weighted by Crippen LogP contribution is 2.11. The van der Waals surface area contributed by atoms with Gasteiger partial charge in [0.25, 0.3) is 35.4 Å². The lowest BCUT2D eigenvalue weighted by atomic mass is 10.2. The van der Waals surface area contributed by atoms with E-state index in [1.165, 1.54) is 0 Å². The minimum absolute atomic E-state index is 0.184. The molecule has 0 bridgehead atoms. The Balaban J connectivity index is 0.000000761. The molecule has 0 atom stereocenters. The summed E-state index contributed by atoms with van der Waals surface area (Å²) in [6, 6.07) is 51.9. The Morgan fingerprint density at radius 2 is 0.254 bits per heavy atom. The normalized spacial score (nSPS) is 9.22. The van der Waals surface area contributed by atoms with Crippen LogP contribution >= 0.6 is 0 Å². The molecule has 0 saturated carbocycles. The van der Waals surface area contributed by atoms with Crippen LogP contribution in [-0.4, -0.2) is 228 Å². The van der Waals surface area contributed by atoms with Crippen LogP contribution in [0.4, 0.5) is 34.9 Å². The zero-order valence-electron chi connectivity index (χ0n) is 72.3. The molecule has 0 aliphatic carbocycles. The van der Waals surface area contributed by atoms with Crippen LogP contribution in [-0.2, 0) is 57.5 Å². The van der Waals surface area contributed by atoms with Gasteiger partial charge in [0, 0.05) is 145 Å². The molecule has 138 heavy (non-hydrogen) atoms. The molecule has 0 fully saturated rings. The molecule has 0 spiro atoms. The molecule has 0 aromatic carbocycles. The quantitative estimate of drug-likeness (QED) is 0.0199. The number of aromatic nitrogens is 12. The number of nitrogens with one attached hydrogen (secondary N) is 6. The monoisotopic (exact) mass is 1900 g/mol. The smallest absolute Gasteiger partial charge is 0.303 e. The number of carboxylic acids is 12. The van der Waals surface area contributed by atoms with Crippen molar-refractivity contribution >= 4 is 142 Å². The predicted octanol–water partition coefficient (Wildman–Crippen LogP) is 9.99. The first-order valence-corrected chi connectivity index (χ1v) is 39.3. The number of rotatable bonds is 30. The number of nitrogens with zero attached hydrogens (tertiary/aromatic N) is 12. The lowest BCUT2D eigenvalue weighted by Crippen LogP contribution is -2.12. The van der Waals surface area contributed by atoms with Crippen LogP contribution in [0.25, 0.3) is 0 Å². The van der Waals surface area contributed by atoms with Gasteiger partial charge in [0.05, 0.1) is 77.0 Å². The number of carbonyl (C=O) groups excluding carboxylic acids is 6. The van der Waals surface area contributed by atoms with Crippen molar-refractivity contribution in [1.82, 2.24) is 59.8 Å². The second-order valence-electron chi connectivity index (χ2n) is 25.2. The van der Waals surface area contributed by atoms with Gasteiger partial charge in [-0.2, -0.15) is 0 Å². The van der Waals surface area contributed by atoms with Crippen molar-refractivity contribution < 1.29 is 148 Å². The molecular formula is C90H90N18O30. The van der Waals surface area contributed by atoms with Crippen molar-refractivity contribution in [2.75, 3.05) is 31.9 Å². The lowest BCUT2D eigenvalue weighted by molar-refractivity contribution is -0.143. The van der Waals surface area contributed by atoms with Gasteiger partial charge in [-0.15, -0.1) is 0 Å². The van der Waals surface area contributed by atoms with Crippen LogP contribution in [0.5, 0.6) is 0 Å². The Morgan fingerprint density at radius 1 is 0.152 bits per heavy atom. The average molecular weight is 1900 g/mol. The van der Waals surface area contributed by atoms with Gasteiger partial charge in [-0.1, -0.05) is 36.4 Å². The van der Waals surface area contributed by atoms with E-state index in [2.05, 4.69) is 91.7 Å². The highest BCUT2D eigenvalue weighted by Gasteiger charge is 2.13. The van der Waals surface area contributed by atoms with Crippen molar-refractivity contribution in [3.8, 4) is 0 Å². The summed E-state index contributed by atoms with van der Waals surface area (Å²) in [6.45, 7) is 0. The number of pyridine rings is 12.